The summed E-state index contributed by atoms with van der Waals surface area (Å²) in [6.07, 6.45) is 2.74. The number of amides is 2. The van der Waals surface area contributed by atoms with Crippen molar-refractivity contribution >= 4 is 12.3 Å². The van der Waals surface area contributed by atoms with Gasteiger partial charge in [-0.1, -0.05) is 13.3 Å². The minimum absolute atomic E-state index is 0.144. The lowest BCUT2D eigenvalue weighted by atomic mass is 10.2. The number of hydrogen-bond acceptors (Lipinski definition) is 2. The number of hydrazine groups is 1. The Kier molecular flexibility index (Phi) is 5.42. The number of nitrogens with one attached hydrogen (secondary N) is 2. The minimum atomic E-state index is -0.144. The van der Waals surface area contributed by atoms with E-state index in [4.69, 9.17) is 0 Å². The highest BCUT2D eigenvalue weighted by atomic mass is 16.2. The van der Waals surface area contributed by atoms with Crippen LogP contribution in [-0.2, 0) is 9.59 Å². The molecule has 0 rings (SSSR count). The molecule has 0 aliphatic rings. The first kappa shape index (κ1) is 8.94. The van der Waals surface area contributed by atoms with Crippen LogP contribution in [0.25, 0.3) is 0 Å². The van der Waals surface area contributed by atoms with E-state index >= 15 is 0 Å². The van der Waals surface area contributed by atoms with Crippen LogP contribution in [0.15, 0.2) is 0 Å². The minimum Gasteiger partial charge on any atom is -0.277 e. The second-order valence-electron chi connectivity index (χ2n) is 1.91. The fourth-order valence-corrected chi connectivity index (χ4v) is 0.510. The summed E-state index contributed by atoms with van der Waals surface area (Å²) in [6.45, 7) is 2.00. The van der Waals surface area contributed by atoms with Crippen LogP contribution in [0.5, 0.6) is 0 Å². The Labute approximate surface area is 60.0 Å². The second-order valence-corrected chi connectivity index (χ2v) is 1.91. The van der Waals surface area contributed by atoms with E-state index < -0.39 is 0 Å². The molecule has 0 saturated heterocycles. The molecule has 0 aromatic heterocycles. The number of unbranched alkanes of at least 4 members (excludes halogenated alkanes) is 1. The normalized spacial score (nSPS) is 8.50. The van der Waals surface area contributed by atoms with E-state index in [1.54, 1.807) is 0 Å². The van der Waals surface area contributed by atoms with E-state index in [1.807, 2.05) is 6.92 Å². The van der Waals surface area contributed by atoms with Crippen LogP contribution in [0, 0.1) is 0 Å². The first-order valence-electron chi connectivity index (χ1n) is 3.29. The third-order valence-corrected chi connectivity index (χ3v) is 1.03. The highest BCUT2D eigenvalue weighted by molar-refractivity contribution is 5.76. The summed E-state index contributed by atoms with van der Waals surface area (Å²) in [4.78, 5) is 20.3. The molecule has 0 aliphatic heterocycles. The van der Waals surface area contributed by atoms with Gasteiger partial charge in [-0.15, -0.1) is 0 Å². The van der Waals surface area contributed by atoms with Crippen LogP contribution in [0.3, 0.4) is 0 Å². The van der Waals surface area contributed by atoms with Gasteiger partial charge >= 0.3 is 0 Å². The molecular weight excluding hydrogens is 132 g/mol. The molecule has 0 aromatic carbocycles. The van der Waals surface area contributed by atoms with Crippen molar-refractivity contribution in [3.8, 4) is 0 Å². The van der Waals surface area contributed by atoms with Gasteiger partial charge in [-0.05, 0) is 6.42 Å². The van der Waals surface area contributed by atoms with E-state index in [0.29, 0.717) is 12.8 Å². The summed E-state index contributed by atoms with van der Waals surface area (Å²) in [5.74, 6) is -0.144. The quantitative estimate of drug-likeness (QED) is 0.420. The smallest absolute Gasteiger partial charge is 0.238 e. The molecule has 0 atom stereocenters. The molecule has 0 spiro atoms. The lowest BCUT2D eigenvalue weighted by molar-refractivity contribution is -0.124. The third kappa shape index (κ3) is 5.08. The van der Waals surface area contributed by atoms with Crippen molar-refractivity contribution < 1.29 is 9.59 Å². The molecule has 0 aromatic rings. The standard InChI is InChI=1S/C6H12N2O2/c1-2-3-4-6(10)8-7-5-9/h5H,2-4H2,1H3,(H,7,9)(H,8,10). The fourth-order valence-electron chi connectivity index (χ4n) is 0.510. The highest BCUT2D eigenvalue weighted by Crippen LogP contribution is 1.91. The van der Waals surface area contributed by atoms with E-state index in [-0.39, 0.29) is 5.91 Å². The van der Waals surface area contributed by atoms with Gasteiger partial charge in [0.15, 0.2) is 0 Å². The molecule has 0 radical (unpaired) electrons. The highest BCUT2D eigenvalue weighted by Gasteiger charge is 1.96. The van der Waals surface area contributed by atoms with E-state index in [9.17, 15) is 9.59 Å². The van der Waals surface area contributed by atoms with Crippen LogP contribution >= 0.6 is 0 Å². The molecule has 0 saturated carbocycles. The van der Waals surface area contributed by atoms with E-state index in [0.717, 1.165) is 12.8 Å². The predicted molar refractivity (Wildman–Crippen MR) is 36.9 cm³/mol. The molecular formula is C6H12N2O2. The molecule has 4 nitrogen and oxygen atoms in total. The largest absolute Gasteiger partial charge is 0.277 e. The molecule has 0 fully saturated rings. The molecule has 10 heavy (non-hydrogen) atoms. The SMILES string of the molecule is CCCCC(=O)NNC=O. The van der Waals surface area contributed by atoms with Crippen LogP contribution in [0.4, 0.5) is 0 Å². The van der Waals surface area contributed by atoms with Gasteiger partial charge < -0.3 is 0 Å². The molecule has 0 heterocycles. The zero-order valence-electron chi connectivity index (χ0n) is 6.02. The maximum atomic E-state index is 10.6. The van der Waals surface area contributed by atoms with E-state index in [1.165, 1.54) is 0 Å². The third-order valence-electron chi connectivity index (χ3n) is 1.03. The summed E-state index contributed by atoms with van der Waals surface area (Å²) in [6, 6.07) is 0. The Morgan fingerprint density at radius 3 is 2.80 bits per heavy atom. The summed E-state index contributed by atoms with van der Waals surface area (Å²) < 4.78 is 0. The predicted octanol–water partition coefficient (Wildman–Crippen LogP) is -0.0462. The topological polar surface area (TPSA) is 58.2 Å². The maximum absolute atomic E-state index is 10.6. The molecule has 0 unspecified atom stereocenters. The second kappa shape index (κ2) is 6.07. The van der Waals surface area contributed by atoms with Crippen molar-refractivity contribution in [1.82, 2.24) is 10.9 Å². The van der Waals surface area contributed by atoms with Crippen molar-refractivity contribution in [2.75, 3.05) is 0 Å². The zero-order valence-corrected chi connectivity index (χ0v) is 6.02. The molecule has 0 bridgehead atoms. The Bertz CT molecular complexity index is 114. The van der Waals surface area contributed by atoms with Crippen LogP contribution < -0.4 is 10.9 Å². The van der Waals surface area contributed by atoms with Gasteiger partial charge in [0.05, 0.1) is 0 Å². The average molecular weight is 144 g/mol. The number of hydrogen-bond donors (Lipinski definition) is 2. The zero-order chi connectivity index (χ0) is 7.82. The molecule has 2 amide bonds. The lowest BCUT2D eigenvalue weighted by Gasteiger charge is -1.99. The van der Waals surface area contributed by atoms with Crippen molar-refractivity contribution in [2.45, 2.75) is 26.2 Å². The van der Waals surface area contributed by atoms with Gasteiger partial charge in [0, 0.05) is 6.42 Å². The van der Waals surface area contributed by atoms with Gasteiger partial charge in [0.25, 0.3) is 0 Å². The van der Waals surface area contributed by atoms with Gasteiger partial charge in [-0.25, -0.2) is 0 Å². The summed E-state index contributed by atoms with van der Waals surface area (Å²) >= 11 is 0. The summed E-state index contributed by atoms with van der Waals surface area (Å²) in [5.41, 5.74) is 4.29. The summed E-state index contributed by atoms with van der Waals surface area (Å²) in [7, 11) is 0. The molecule has 2 N–H and O–H groups in total. The molecule has 4 heteroatoms. The average Bonchev–Trinajstić information content (AvgIpc) is 1.97. The van der Waals surface area contributed by atoms with Gasteiger partial charge in [-0.2, -0.15) is 0 Å². The fraction of sp³-hybridized carbons (Fsp3) is 0.667. The maximum Gasteiger partial charge on any atom is 0.238 e. The Balaban J connectivity index is 3.16. The monoisotopic (exact) mass is 144 g/mol. The van der Waals surface area contributed by atoms with Crippen molar-refractivity contribution in [1.29, 1.82) is 0 Å². The van der Waals surface area contributed by atoms with Gasteiger partial charge in [-0.3, -0.25) is 20.4 Å². The Morgan fingerprint density at radius 1 is 1.60 bits per heavy atom. The van der Waals surface area contributed by atoms with Crippen molar-refractivity contribution in [2.24, 2.45) is 0 Å². The van der Waals surface area contributed by atoms with Gasteiger partial charge in [0.1, 0.15) is 0 Å². The Hall–Kier alpha value is -1.06. The first-order valence-corrected chi connectivity index (χ1v) is 3.29. The number of rotatable bonds is 5. The number of carbonyl (C=O) groups excluding carboxylic acids is 2. The van der Waals surface area contributed by atoms with Crippen molar-refractivity contribution in [3.05, 3.63) is 0 Å². The van der Waals surface area contributed by atoms with E-state index in [2.05, 4.69) is 10.9 Å². The van der Waals surface area contributed by atoms with Crippen LogP contribution in [0.1, 0.15) is 26.2 Å². The Morgan fingerprint density at radius 2 is 2.30 bits per heavy atom. The van der Waals surface area contributed by atoms with Crippen LogP contribution in [0.2, 0.25) is 0 Å². The first-order chi connectivity index (χ1) is 4.81. The lowest BCUT2D eigenvalue weighted by Crippen LogP contribution is -2.35. The van der Waals surface area contributed by atoms with Crippen LogP contribution in [-0.4, -0.2) is 12.3 Å². The number of carbonyl (C=O) groups is 2. The summed E-state index contributed by atoms with van der Waals surface area (Å²) in [5, 5.41) is 0. The van der Waals surface area contributed by atoms with Crippen molar-refractivity contribution in [3.63, 3.8) is 0 Å². The molecule has 0 aliphatic carbocycles. The van der Waals surface area contributed by atoms with Gasteiger partial charge in [0.2, 0.25) is 12.3 Å². The molecule has 58 valence electrons.